The minimum atomic E-state index is -0.167. The van der Waals surface area contributed by atoms with Crippen molar-refractivity contribution in [1.82, 2.24) is 14.1 Å². The number of para-hydroxylation sites is 1. The highest BCUT2D eigenvalue weighted by Gasteiger charge is 2.10. The van der Waals surface area contributed by atoms with Gasteiger partial charge in [-0.25, -0.2) is 0 Å². The number of hydrogen-bond acceptors (Lipinski definition) is 5. The first-order valence-electron chi connectivity index (χ1n) is 6.58. The molecule has 6 heteroatoms. The standard InChI is InChI=1S/C14H18N4OS/c1-3-18(13-7-5-4-6-11(13)2)9-8-15-14(19)12-10-16-20-17-12/h4-7,10H,3,8-9H2,1-2H3,(H,15,19). The molecular weight excluding hydrogens is 272 g/mol. The summed E-state index contributed by atoms with van der Waals surface area (Å²) in [5, 5.41) is 2.86. The number of likely N-dealkylation sites (N-methyl/N-ethyl adjacent to an activating group) is 1. The lowest BCUT2D eigenvalue weighted by molar-refractivity contribution is 0.0950. The van der Waals surface area contributed by atoms with Crippen LogP contribution in [0.5, 0.6) is 0 Å². The van der Waals surface area contributed by atoms with Gasteiger partial charge in [0.25, 0.3) is 5.91 Å². The van der Waals surface area contributed by atoms with Crippen LogP contribution in [0, 0.1) is 6.92 Å². The van der Waals surface area contributed by atoms with Crippen LogP contribution in [0.1, 0.15) is 23.0 Å². The zero-order chi connectivity index (χ0) is 14.4. The minimum absolute atomic E-state index is 0.167. The maximum Gasteiger partial charge on any atom is 0.272 e. The summed E-state index contributed by atoms with van der Waals surface area (Å²) in [4.78, 5) is 14.0. The van der Waals surface area contributed by atoms with E-state index in [1.165, 1.54) is 17.4 Å². The first kappa shape index (κ1) is 14.5. The molecule has 0 aliphatic heterocycles. The van der Waals surface area contributed by atoms with Crippen molar-refractivity contribution in [3.63, 3.8) is 0 Å². The Hall–Kier alpha value is -1.95. The number of benzene rings is 1. The van der Waals surface area contributed by atoms with Gasteiger partial charge in [0.05, 0.1) is 17.9 Å². The average molecular weight is 290 g/mol. The molecule has 0 bridgehead atoms. The van der Waals surface area contributed by atoms with Gasteiger partial charge in [0, 0.05) is 25.3 Å². The van der Waals surface area contributed by atoms with E-state index in [2.05, 4.69) is 44.9 Å². The summed E-state index contributed by atoms with van der Waals surface area (Å²) in [6, 6.07) is 8.26. The van der Waals surface area contributed by atoms with Gasteiger partial charge in [0.2, 0.25) is 0 Å². The van der Waals surface area contributed by atoms with Crippen LogP contribution in [-0.2, 0) is 0 Å². The van der Waals surface area contributed by atoms with Gasteiger partial charge in [-0.3, -0.25) is 4.79 Å². The quantitative estimate of drug-likeness (QED) is 0.885. The summed E-state index contributed by atoms with van der Waals surface area (Å²) in [7, 11) is 0. The number of carbonyl (C=O) groups is 1. The van der Waals surface area contributed by atoms with E-state index < -0.39 is 0 Å². The van der Waals surface area contributed by atoms with E-state index >= 15 is 0 Å². The van der Waals surface area contributed by atoms with E-state index in [-0.39, 0.29) is 5.91 Å². The molecule has 0 fully saturated rings. The highest BCUT2D eigenvalue weighted by Crippen LogP contribution is 2.18. The Balaban J connectivity index is 1.89. The van der Waals surface area contributed by atoms with Crippen molar-refractivity contribution < 1.29 is 4.79 Å². The van der Waals surface area contributed by atoms with E-state index in [1.54, 1.807) is 0 Å². The number of amides is 1. The average Bonchev–Trinajstić information content (AvgIpc) is 2.99. The third kappa shape index (κ3) is 3.54. The maximum absolute atomic E-state index is 11.8. The lowest BCUT2D eigenvalue weighted by Gasteiger charge is -2.24. The number of aromatic nitrogens is 2. The third-order valence-electron chi connectivity index (χ3n) is 3.10. The zero-order valence-electron chi connectivity index (χ0n) is 11.7. The summed E-state index contributed by atoms with van der Waals surface area (Å²) >= 11 is 1.04. The largest absolute Gasteiger partial charge is 0.370 e. The molecule has 1 heterocycles. The summed E-state index contributed by atoms with van der Waals surface area (Å²) in [6.07, 6.45) is 1.49. The molecule has 0 radical (unpaired) electrons. The van der Waals surface area contributed by atoms with E-state index in [0.717, 1.165) is 24.8 Å². The number of hydrogen-bond donors (Lipinski definition) is 1. The molecular formula is C14H18N4OS. The van der Waals surface area contributed by atoms with E-state index in [4.69, 9.17) is 0 Å². The summed E-state index contributed by atoms with van der Waals surface area (Å²) in [6.45, 7) is 6.46. The molecule has 106 valence electrons. The molecule has 1 amide bonds. The topological polar surface area (TPSA) is 58.1 Å². The molecule has 5 nitrogen and oxygen atoms in total. The lowest BCUT2D eigenvalue weighted by atomic mass is 10.2. The Bertz CT molecular complexity index is 556. The summed E-state index contributed by atoms with van der Waals surface area (Å²) < 4.78 is 7.73. The van der Waals surface area contributed by atoms with Crippen molar-refractivity contribution in [2.75, 3.05) is 24.5 Å². The van der Waals surface area contributed by atoms with Gasteiger partial charge in [0.1, 0.15) is 0 Å². The van der Waals surface area contributed by atoms with Gasteiger partial charge in [-0.05, 0) is 25.5 Å². The fourth-order valence-corrected chi connectivity index (χ4v) is 2.44. The molecule has 0 atom stereocenters. The van der Waals surface area contributed by atoms with Crippen LogP contribution in [-0.4, -0.2) is 34.3 Å². The molecule has 1 aromatic heterocycles. The van der Waals surface area contributed by atoms with Crippen LogP contribution in [0.4, 0.5) is 5.69 Å². The fourth-order valence-electron chi connectivity index (χ4n) is 2.03. The number of aryl methyl sites for hydroxylation is 1. The monoisotopic (exact) mass is 290 g/mol. The lowest BCUT2D eigenvalue weighted by Crippen LogP contribution is -2.35. The first-order valence-corrected chi connectivity index (χ1v) is 7.31. The van der Waals surface area contributed by atoms with Gasteiger partial charge in [-0.15, -0.1) is 0 Å². The number of carbonyl (C=O) groups excluding carboxylic acids is 1. The first-order chi connectivity index (χ1) is 9.72. The van der Waals surface area contributed by atoms with Gasteiger partial charge >= 0.3 is 0 Å². The van der Waals surface area contributed by atoms with Crippen molar-refractivity contribution in [3.05, 3.63) is 41.7 Å². The number of anilines is 1. The SMILES string of the molecule is CCN(CCNC(=O)c1cnsn1)c1ccccc1C. The van der Waals surface area contributed by atoms with Gasteiger partial charge in [-0.1, -0.05) is 18.2 Å². The van der Waals surface area contributed by atoms with Crippen molar-refractivity contribution in [2.45, 2.75) is 13.8 Å². The van der Waals surface area contributed by atoms with E-state index in [9.17, 15) is 4.79 Å². The smallest absolute Gasteiger partial charge is 0.272 e. The third-order valence-corrected chi connectivity index (χ3v) is 3.58. The summed E-state index contributed by atoms with van der Waals surface area (Å²) in [5.74, 6) is -0.167. The number of nitrogens with zero attached hydrogens (tertiary/aromatic N) is 3. The fraction of sp³-hybridized carbons (Fsp3) is 0.357. The van der Waals surface area contributed by atoms with Crippen LogP contribution >= 0.6 is 11.7 Å². The molecule has 1 N–H and O–H groups in total. The van der Waals surface area contributed by atoms with Crippen molar-refractivity contribution >= 4 is 23.3 Å². The van der Waals surface area contributed by atoms with Crippen molar-refractivity contribution in [2.24, 2.45) is 0 Å². The molecule has 2 rings (SSSR count). The second kappa shape index (κ2) is 7.00. The van der Waals surface area contributed by atoms with Gasteiger partial charge in [-0.2, -0.15) is 8.75 Å². The molecule has 0 aliphatic rings. The second-order valence-corrected chi connectivity index (χ2v) is 4.97. The Labute approximate surface area is 123 Å². The molecule has 0 saturated heterocycles. The van der Waals surface area contributed by atoms with Crippen LogP contribution in [0.25, 0.3) is 0 Å². The second-order valence-electron chi connectivity index (χ2n) is 4.41. The summed E-state index contributed by atoms with van der Waals surface area (Å²) in [5.41, 5.74) is 2.83. The van der Waals surface area contributed by atoms with Crippen molar-refractivity contribution in [1.29, 1.82) is 0 Å². The predicted octanol–water partition coefficient (Wildman–Crippen LogP) is 2.10. The van der Waals surface area contributed by atoms with E-state index in [1.807, 2.05) is 12.1 Å². The minimum Gasteiger partial charge on any atom is -0.370 e. The van der Waals surface area contributed by atoms with Crippen LogP contribution in [0.2, 0.25) is 0 Å². The normalized spacial score (nSPS) is 10.3. The Morgan fingerprint density at radius 3 is 2.85 bits per heavy atom. The zero-order valence-corrected chi connectivity index (χ0v) is 12.5. The predicted molar refractivity (Wildman–Crippen MR) is 81.3 cm³/mol. The number of rotatable bonds is 6. The molecule has 0 aliphatic carbocycles. The Kier molecular flexibility index (Phi) is 5.06. The van der Waals surface area contributed by atoms with Crippen LogP contribution < -0.4 is 10.2 Å². The Morgan fingerprint density at radius 1 is 1.40 bits per heavy atom. The highest BCUT2D eigenvalue weighted by atomic mass is 32.1. The maximum atomic E-state index is 11.8. The van der Waals surface area contributed by atoms with E-state index in [0.29, 0.717) is 12.2 Å². The molecule has 0 saturated carbocycles. The van der Waals surface area contributed by atoms with Crippen LogP contribution in [0.3, 0.4) is 0 Å². The molecule has 1 aromatic carbocycles. The molecule has 20 heavy (non-hydrogen) atoms. The highest BCUT2D eigenvalue weighted by molar-refractivity contribution is 6.99. The molecule has 2 aromatic rings. The van der Waals surface area contributed by atoms with Gasteiger partial charge in [0.15, 0.2) is 5.69 Å². The molecule has 0 spiro atoms. The van der Waals surface area contributed by atoms with Crippen LogP contribution in [0.15, 0.2) is 30.5 Å². The Morgan fingerprint density at radius 2 is 2.20 bits per heavy atom. The number of nitrogens with one attached hydrogen (secondary N) is 1. The van der Waals surface area contributed by atoms with Gasteiger partial charge < -0.3 is 10.2 Å². The molecule has 0 unspecified atom stereocenters. The van der Waals surface area contributed by atoms with Crippen molar-refractivity contribution in [3.8, 4) is 0 Å².